The first-order valence-electron chi connectivity index (χ1n) is 8.50. The van der Waals surface area contributed by atoms with Crippen molar-refractivity contribution >= 4 is 11.9 Å². The van der Waals surface area contributed by atoms with Gasteiger partial charge in [-0.2, -0.15) is 5.10 Å². The molecule has 2 aromatic heterocycles. The largest absolute Gasteiger partial charge is 0.478 e. The van der Waals surface area contributed by atoms with Gasteiger partial charge in [0.2, 0.25) is 0 Å². The van der Waals surface area contributed by atoms with Crippen molar-refractivity contribution in [2.45, 2.75) is 34.2 Å². The molecule has 0 aliphatic carbocycles. The Morgan fingerprint density at radius 2 is 1.74 bits per heavy atom. The first-order chi connectivity index (χ1) is 12.7. The van der Waals surface area contributed by atoms with Crippen LogP contribution in [0.1, 0.15) is 49.2 Å². The fourth-order valence-corrected chi connectivity index (χ4v) is 3.02. The lowest BCUT2D eigenvalue weighted by Crippen LogP contribution is -2.23. The number of carbonyl (C=O) groups excluding carboxylic acids is 1. The van der Waals surface area contributed by atoms with E-state index in [1.165, 1.54) is 6.07 Å². The van der Waals surface area contributed by atoms with Crippen LogP contribution < -0.4 is 5.32 Å². The summed E-state index contributed by atoms with van der Waals surface area (Å²) in [6.45, 7) is 7.57. The molecule has 7 nitrogen and oxygen atoms in total. The number of amides is 1. The summed E-state index contributed by atoms with van der Waals surface area (Å²) in [6.07, 6.45) is 0. The van der Waals surface area contributed by atoms with Gasteiger partial charge in [-0.05, 0) is 63.1 Å². The van der Waals surface area contributed by atoms with Crippen LogP contribution in [0, 0.1) is 27.7 Å². The minimum Gasteiger partial charge on any atom is -0.478 e. The van der Waals surface area contributed by atoms with Gasteiger partial charge in [0.25, 0.3) is 5.91 Å². The Morgan fingerprint density at radius 1 is 1.07 bits per heavy atom. The standard InChI is InChI=1S/C20H21N3O4/c1-11-5-12(2)7-15(6-11)23-13(3)8-18(22-23)19(24)21-10-16-9-17(20(25)26)14(4)27-16/h5-9H,10H2,1-4H3,(H,21,24)(H,25,26). The van der Waals surface area contributed by atoms with E-state index in [0.29, 0.717) is 11.5 Å². The molecule has 0 saturated heterocycles. The van der Waals surface area contributed by atoms with Crippen LogP contribution in [0.15, 0.2) is 34.7 Å². The monoisotopic (exact) mass is 367 g/mol. The van der Waals surface area contributed by atoms with Gasteiger partial charge in [0, 0.05) is 5.69 Å². The molecule has 1 amide bonds. The number of carboxylic acids is 1. The molecular formula is C20H21N3O4. The molecule has 0 aliphatic rings. The predicted molar refractivity (Wildman–Crippen MR) is 99.3 cm³/mol. The number of hydrogen-bond acceptors (Lipinski definition) is 4. The van der Waals surface area contributed by atoms with Crippen molar-refractivity contribution in [3.8, 4) is 5.69 Å². The molecule has 0 saturated carbocycles. The highest BCUT2D eigenvalue weighted by Gasteiger charge is 2.17. The number of carbonyl (C=O) groups is 2. The van der Waals surface area contributed by atoms with Crippen molar-refractivity contribution < 1.29 is 19.1 Å². The Hall–Kier alpha value is -3.35. The van der Waals surface area contributed by atoms with Crippen LogP contribution in [-0.2, 0) is 6.54 Å². The highest BCUT2D eigenvalue weighted by Crippen LogP contribution is 2.17. The van der Waals surface area contributed by atoms with Crippen molar-refractivity contribution in [2.24, 2.45) is 0 Å². The van der Waals surface area contributed by atoms with E-state index in [4.69, 9.17) is 9.52 Å². The first-order valence-corrected chi connectivity index (χ1v) is 8.50. The van der Waals surface area contributed by atoms with Crippen LogP contribution in [0.25, 0.3) is 5.69 Å². The summed E-state index contributed by atoms with van der Waals surface area (Å²) >= 11 is 0. The Kier molecular flexibility index (Phi) is 4.85. The van der Waals surface area contributed by atoms with Gasteiger partial charge >= 0.3 is 5.97 Å². The van der Waals surface area contributed by atoms with Crippen molar-refractivity contribution in [1.82, 2.24) is 15.1 Å². The Morgan fingerprint density at radius 3 is 2.33 bits per heavy atom. The van der Waals surface area contributed by atoms with E-state index in [2.05, 4.69) is 16.5 Å². The molecule has 0 atom stereocenters. The van der Waals surface area contributed by atoms with E-state index in [1.54, 1.807) is 17.7 Å². The van der Waals surface area contributed by atoms with Crippen molar-refractivity contribution in [3.63, 3.8) is 0 Å². The molecule has 0 unspecified atom stereocenters. The minimum absolute atomic E-state index is 0.0857. The van der Waals surface area contributed by atoms with Gasteiger partial charge in [0.1, 0.15) is 17.1 Å². The summed E-state index contributed by atoms with van der Waals surface area (Å²) in [5.41, 5.74) is 4.35. The lowest BCUT2D eigenvalue weighted by atomic mass is 10.1. The number of rotatable bonds is 5. The molecule has 140 valence electrons. The van der Waals surface area contributed by atoms with Crippen LogP contribution in [-0.4, -0.2) is 26.8 Å². The molecule has 3 aromatic rings. The minimum atomic E-state index is -1.06. The van der Waals surface area contributed by atoms with Gasteiger partial charge in [-0.3, -0.25) is 4.79 Å². The van der Waals surface area contributed by atoms with Crippen molar-refractivity contribution in [3.05, 3.63) is 69.9 Å². The molecule has 7 heteroatoms. The molecule has 2 heterocycles. The summed E-state index contributed by atoms with van der Waals surface area (Å²) in [5, 5.41) is 16.2. The molecular weight excluding hydrogens is 346 g/mol. The molecule has 0 radical (unpaired) electrons. The normalized spacial score (nSPS) is 10.8. The second-order valence-electron chi connectivity index (χ2n) is 6.60. The number of nitrogens with one attached hydrogen (secondary N) is 1. The summed E-state index contributed by atoms with van der Waals surface area (Å²) in [7, 11) is 0. The van der Waals surface area contributed by atoms with E-state index >= 15 is 0 Å². The van der Waals surface area contributed by atoms with Gasteiger partial charge in [-0.15, -0.1) is 0 Å². The number of furan rings is 1. The maximum atomic E-state index is 12.4. The molecule has 0 aliphatic heterocycles. The molecule has 27 heavy (non-hydrogen) atoms. The van der Waals surface area contributed by atoms with E-state index in [9.17, 15) is 9.59 Å². The zero-order valence-electron chi connectivity index (χ0n) is 15.7. The lowest BCUT2D eigenvalue weighted by molar-refractivity contribution is 0.0694. The van der Waals surface area contributed by atoms with E-state index < -0.39 is 5.97 Å². The lowest BCUT2D eigenvalue weighted by Gasteiger charge is -2.07. The number of aryl methyl sites for hydroxylation is 4. The first kappa shape index (κ1) is 18.4. The quantitative estimate of drug-likeness (QED) is 0.721. The van der Waals surface area contributed by atoms with Crippen LogP contribution in [0.4, 0.5) is 0 Å². The molecule has 0 bridgehead atoms. The SMILES string of the molecule is Cc1cc(C)cc(-n2nc(C(=O)NCc3cc(C(=O)O)c(C)o3)cc2C)c1. The fourth-order valence-electron chi connectivity index (χ4n) is 3.02. The predicted octanol–water partition coefficient (Wildman–Crippen LogP) is 3.33. The van der Waals surface area contributed by atoms with Crippen LogP contribution in [0.2, 0.25) is 0 Å². The van der Waals surface area contributed by atoms with Gasteiger partial charge in [0.15, 0.2) is 5.69 Å². The molecule has 3 rings (SSSR count). The number of hydrogen-bond donors (Lipinski definition) is 2. The maximum Gasteiger partial charge on any atom is 0.339 e. The van der Waals surface area contributed by atoms with Crippen LogP contribution in [0.3, 0.4) is 0 Å². The Balaban J connectivity index is 1.76. The number of nitrogens with zero attached hydrogens (tertiary/aromatic N) is 2. The number of aromatic nitrogens is 2. The number of carboxylic acid groups (broad SMARTS) is 1. The van der Waals surface area contributed by atoms with Gasteiger partial charge < -0.3 is 14.8 Å². The zero-order chi connectivity index (χ0) is 19.7. The topological polar surface area (TPSA) is 97.4 Å². The average molecular weight is 367 g/mol. The fraction of sp³-hybridized carbons (Fsp3) is 0.250. The summed E-state index contributed by atoms with van der Waals surface area (Å²) in [5.74, 6) is -0.728. The third-order valence-corrected chi connectivity index (χ3v) is 4.19. The van der Waals surface area contributed by atoms with Gasteiger partial charge in [-0.1, -0.05) is 6.07 Å². The number of aromatic carboxylic acids is 1. The average Bonchev–Trinajstić information content (AvgIpc) is 3.14. The van der Waals surface area contributed by atoms with Crippen molar-refractivity contribution in [2.75, 3.05) is 0 Å². The van der Waals surface area contributed by atoms with Crippen LogP contribution in [0.5, 0.6) is 0 Å². The van der Waals surface area contributed by atoms with Crippen molar-refractivity contribution in [1.29, 1.82) is 0 Å². The van der Waals surface area contributed by atoms with Gasteiger partial charge in [0.05, 0.1) is 12.2 Å². The summed E-state index contributed by atoms with van der Waals surface area (Å²) < 4.78 is 7.10. The number of benzene rings is 1. The zero-order valence-corrected chi connectivity index (χ0v) is 15.7. The summed E-state index contributed by atoms with van der Waals surface area (Å²) in [6, 6.07) is 9.22. The third-order valence-electron chi connectivity index (χ3n) is 4.19. The molecule has 0 spiro atoms. The highest BCUT2D eigenvalue weighted by molar-refractivity contribution is 5.92. The maximum absolute atomic E-state index is 12.4. The van der Waals surface area contributed by atoms with Gasteiger partial charge in [-0.25, -0.2) is 9.48 Å². The third kappa shape index (κ3) is 3.92. The smallest absolute Gasteiger partial charge is 0.339 e. The summed E-state index contributed by atoms with van der Waals surface area (Å²) in [4.78, 5) is 23.5. The van der Waals surface area contributed by atoms with Crippen LogP contribution >= 0.6 is 0 Å². The van der Waals surface area contributed by atoms with E-state index in [0.717, 1.165) is 22.5 Å². The highest BCUT2D eigenvalue weighted by atomic mass is 16.4. The second kappa shape index (κ2) is 7.11. The molecule has 0 fully saturated rings. The Labute approximate surface area is 156 Å². The Bertz CT molecular complexity index is 1010. The molecule has 2 N–H and O–H groups in total. The molecule has 1 aromatic carbocycles. The van der Waals surface area contributed by atoms with E-state index in [1.807, 2.05) is 32.9 Å². The van der Waals surface area contributed by atoms with E-state index in [-0.39, 0.29) is 23.7 Å². The second-order valence-corrected chi connectivity index (χ2v) is 6.60.